The predicted molar refractivity (Wildman–Crippen MR) is 46.7 cm³/mol. The van der Waals surface area contributed by atoms with Crippen molar-refractivity contribution in [2.75, 3.05) is 12.3 Å². The topological polar surface area (TPSA) is 59.0 Å². The van der Waals surface area contributed by atoms with Crippen molar-refractivity contribution in [2.24, 2.45) is 0 Å². The lowest BCUT2D eigenvalue weighted by molar-refractivity contribution is 0.368. The van der Waals surface area contributed by atoms with Crippen LogP contribution in [0.15, 0.2) is 18.2 Å². The Balaban J connectivity index is 2.80. The SMILES string of the molecule is Cc1cc(N)cc(OCC#N)c1. The molecule has 0 saturated carbocycles. The van der Waals surface area contributed by atoms with Gasteiger partial charge in [0.15, 0.2) is 6.61 Å². The Hall–Kier alpha value is -1.69. The van der Waals surface area contributed by atoms with Crippen LogP contribution in [-0.4, -0.2) is 6.61 Å². The summed E-state index contributed by atoms with van der Waals surface area (Å²) in [5, 5.41) is 8.26. The van der Waals surface area contributed by atoms with Crippen LogP contribution in [0.4, 0.5) is 5.69 Å². The third-order valence-corrected chi connectivity index (χ3v) is 1.38. The van der Waals surface area contributed by atoms with Crippen molar-refractivity contribution in [2.45, 2.75) is 6.92 Å². The van der Waals surface area contributed by atoms with Crippen LogP contribution in [0.2, 0.25) is 0 Å². The molecule has 0 bridgehead atoms. The predicted octanol–water partition coefficient (Wildman–Crippen LogP) is 1.48. The van der Waals surface area contributed by atoms with E-state index in [4.69, 9.17) is 15.7 Å². The van der Waals surface area contributed by atoms with Crippen LogP contribution in [0.5, 0.6) is 5.75 Å². The molecule has 1 aromatic rings. The summed E-state index contributed by atoms with van der Waals surface area (Å²) >= 11 is 0. The smallest absolute Gasteiger partial charge is 0.174 e. The van der Waals surface area contributed by atoms with Gasteiger partial charge in [0.2, 0.25) is 0 Å². The van der Waals surface area contributed by atoms with Crippen molar-refractivity contribution in [3.05, 3.63) is 23.8 Å². The molecule has 0 radical (unpaired) electrons. The molecule has 0 amide bonds. The van der Waals surface area contributed by atoms with Gasteiger partial charge in [0.25, 0.3) is 0 Å². The highest BCUT2D eigenvalue weighted by atomic mass is 16.5. The van der Waals surface area contributed by atoms with Crippen molar-refractivity contribution in [3.63, 3.8) is 0 Å². The van der Waals surface area contributed by atoms with E-state index in [1.807, 2.05) is 25.1 Å². The highest BCUT2D eigenvalue weighted by Gasteiger charge is 1.95. The van der Waals surface area contributed by atoms with Gasteiger partial charge in [-0.15, -0.1) is 0 Å². The zero-order valence-electron chi connectivity index (χ0n) is 6.87. The Bertz CT molecular complexity index is 295. The van der Waals surface area contributed by atoms with E-state index in [-0.39, 0.29) is 6.61 Å². The van der Waals surface area contributed by atoms with Crippen molar-refractivity contribution in [1.29, 1.82) is 5.26 Å². The lowest BCUT2D eigenvalue weighted by Crippen LogP contribution is -1.95. The maximum Gasteiger partial charge on any atom is 0.174 e. The normalized spacial score (nSPS) is 9.00. The lowest BCUT2D eigenvalue weighted by Gasteiger charge is -2.03. The molecule has 3 nitrogen and oxygen atoms in total. The molecule has 0 saturated heterocycles. The fourth-order valence-electron chi connectivity index (χ4n) is 0.975. The molecular formula is C9H10N2O. The molecule has 1 rings (SSSR count). The monoisotopic (exact) mass is 162 g/mol. The maximum absolute atomic E-state index is 8.26. The van der Waals surface area contributed by atoms with Crippen molar-refractivity contribution in [1.82, 2.24) is 0 Å². The van der Waals surface area contributed by atoms with Gasteiger partial charge >= 0.3 is 0 Å². The summed E-state index contributed by atoms with van der Waals surface area (Å²) in [6, 6.07) is 7.28. The van der Waals surface area contributed by atoms with Gasteiger partial charge in [0, 0.05) is 11.8 Å². The van der Waals surface area contributed by atoms with Gasteiger partial charge in [-0.1, -0.05) is 0 Å². The molecule has 0 aromatic heterocycles. The van der Waals surface area contributed by atoms with E-state index in [1.165, 1.54) is 0 Å². The first-order valence-electron chi connectivity index (χ1n) is 3.59. The average molecular weight is 162 g/mol. The largest absolute Gasteiger partial charge is 0.479 e. The molecule has 0 aliphatic rings. The second-order valence-corrected chi connectivity index (χ2v) is 2.53. The molecule has 1 aromatic carbocycles. The van der Waals surface area contributed by atoms with Gasteiger partial charge < -0.3 is 10.5 Å². The Morgan fingerprint density at radius 3 is 2.83 bits per heavy atom. The van der Waals surface area contributed by atoms with Crippen LogP contribution in [0.1, 0.15) is 5.56 Å². The Labute approximate surface area is 71.4 Å². The minimum atomic E-state index is 0.0584. The molecule has 0 aliphatic heterocycles. The van der Waals surface area contributed by atoms with Gasteiger partial charge in [-0.25, -0.2) is 0 Å². The number of rotatable bonds is 2. The molecule has 12 heavy (non-hydrogen) atoms. The van der Waals surface area contributed by atoms with Gasteiger partial charge in [0.1, 0.15) is 11.8 Å². The fraction of sp³-hybridized carbons (Fsp3) is 0.222. The standard InChI is InChI=1S/C9H10N2O/c1-7-4-8(11)6-9(5-7)12-3-2-10/h4-6H,3,11H2,1H3. The van der Waals surface area contributed by atoms with E-state index in [0.717, 1.165) is 5.56 Å². The van der Waals surface area contributed by atoms with Crippen molar-refractivity contribution < 1.29 is 4.74 Å². The van der Waals surface area contributed by atoms with Crippen LogP contribution >= 0.6 is 0 Å². The minimum Gasteiger partial charge on any atom is -0.479 e. The molecular weight excluding hydrogens is 152 g/mol. The minimum absolute atomic E-state index is 0.0584. The van der Waals surface area contributed by atoms with Crippen LogP contribution in [-0.2, 0) is 0 Å². The molecule has 0 aliphatic carbocycles. The first-order chi connectivity index (χ1) is 5.72. The Kier molecular flexibility index (Phi) is 2.54. The third-order valence-electron chi connectivity index (χ3n) is 1.38. The van der Waals surface area contributed by atoms with E-state index in [0.29, 0.717) is 11.4 Å². The summed E-state index contributed by atoms with van der Waals surface area (Å²) in [5.74, 6) is 0.647. The summed E-state index contributed by atoms with van der Waals surface area (Å²) < 4.78 is 5.08. The third kappa shape index (κ3) is 2.17. The average Bonchev–Trinajstić information content (AvgIpc) is 1.99. The summed E-state index contributed by atoms with van der Waals surface area (Å²) in [5.41, 5.74) is 7.25. The van der Waals surface area contributed by atoms with E-state index >= 15 is 0 Å². The van der Waals surface area contributed by atoms with E-state index in [2.05, 4.69) is 0 Å². The number of benzene rings is 1. The molecule has 0 atom stereocenters. The first-order valence-corrected chi connectivity index (χ1v) is 3.59. The number of nitrogen functional groups attached to an aromatic ring is 1. The highest BCUT2D eigenvalue weighted by molar-refractivity contribution is 5.47. The van der Waals surface area contributed by atoms with Crippen molar-refractivity contribution >= 4 is 5.69 Å². The number of nitrogens with two attached hydrogens (primary N) is 1. The van der Waals surface area contributed by atoms with Gasteiger partial charge in [-0.3, -0.25) is 0 Å². The van der Waals surface area contributed by atoms with Crippen LogP contribution in [0.25, 0.3) is 0 Å². The number of ether oxygens (including phenoxy) is 1. The Morgan fingerprint density at radius 2 is 2.25 bits per heavy atom. The van der Waals surface area contributed by atoms with Gasteiger partial charge in [-0.2, -0.15) is 5.26 Å². The van der Waals surface area contributed by atoms with Crippen LogP contribution in [0.3, 0.4) is 0 Å². The molecule has 62 valence electrons. The van der Waals surface area contributed by atoms with Crippen LogP contribution < -0.4 is 10.5 Å². The summed E-state index contributed by atoms with van der Waals surface area (Å²) in [4.78, 5) is 0. The summed E-state index contributed by atoms with van der Waals surface area (Å²) in [7, 11) is 0. The van der Waals surface area contributed by atoms with Crippen LogP contribution in [0, 0.1) is 18.3 Å². The first kappa shape index (κ1) is 8.41. The molecule has 0 spiro atoms. The number of nitriles is 1. The number of hydrogen-bond acceptors (Lipinski definition) is 3. The molecule has 0 heterocycles. The van der Waals surface area contributed by atoms with Gasteiger partial charge in [-0.05, 0) is 24.6 Å². The van der Waals surface area contributed by atoms with Crippen molar-refractivity contribution in [3.8, 4) is 11.8 Å². The number of aryl methyl sites for hydroxylation is 1. The fourth-order valence-corrected chi connectivity index (χ4v) is 0.975. The quantitative estimate of drug-likeness (QED) is 0.670. The van der Waals surface area contributed by atoms with Gasteiger partial charge in [0.05, 0.1) is 0 Å². The number of nitrogens with zero attached hydrogens (tertiary/aromatic N) is 1. The second kappa shape index (κ2) is 3.63. The zero-order valence-corrected chi connectivity index (χ0v) is 6.87. The molecule has 0 fully saturated rings. The molecule has 0 unspecified atom stereocenters. The van der Waals surface area contributed by atoms with E-state index in [1.54, 1.807) is 6.07 Å². The lowest BCUT2D eigenvalue weighted by atomic mass is 10.2. The number of hydrogen-bond donors (Lipinski definition) is 1. The maximum atomic E-state index is 8.26. The zero-order chi connectivity index (χ0) is 8.97. The summed E-state index contributed by atoms with van der Waals surface area (Å²) in [6.45, 7) is 1.98. The van der Waals surface area contributed by atoms with E-state index < -0.39 is 0 Å². The molecule has 3 heteroatoms. The number of anilines is 1. The molecule has 2 N–H and O–H groups in total. The Morgan fingerprint density at radius 1 is 1.50 bits per heavy atom. The second-order valence-electron chi connectivity index (χ2n) is 2.53. The highest BCUT2D eigenvalue weighted by Crippen LogP contribution is 2.17. The van der Waals surface area contributed by atoms with E-state index in [9.17, 15) is 0 Å². The summed E-state index contributed by atoms with van der Waals surface area (Å²) in [6.07, 6.45) is 0.